The Morgan fingerprint density at radius 1 is 1.00 bits per heavy atom. The third-order valence-electron chi connectivity index (χ3n) is 4.40. The molecule has 5 nitrogen and oxygen atoms in total. The van der Waals surface area contributed by atoms with Gasteiger partial charge in [-0.2, -0.15) is 4.31 Å². The van der Waals surface area contributed by atoms with Gasteiger partial charge in [0.25, 0.3) is 0 Å². The molecule has 7 heteroatoms. The van der Waals surface area contributed by atoms with Gasteiger partial charge in [0.15, 0.2) is 9.84 Å². The lowest BCUT2D eigenvalue weighted by Gasteiger charge is -2.27. The van der Waals surface area contributed by atoms with Crippen LogP contribution in [0.3, 0.4) is 0 Å². The predicted octanol–water partition coefficient (Wildman–Crippen LogP) is 2.75. The number of benzene rings is 2. The standard InChI is InChI=1S/C19H21NO4S2/c1-2-16-8-10-19(11-9-16)26(23,24)20(14-17-6-4-3-5-7-17)18-12-13-25(21,22)15-18/h3-13,18H,2,14-15H2,1H3/t18-/m1/s1. The van der Waals surface area contributed by atoms with E-state index in [9.17, 15) is 16.8 Å². The Balaban J connectivity index is 1.99. The third kappa shape index (κ3) is 4.06. The van der Waals surface area contributed by atoms with Crippen LogP contribution in [0.15, 0.2) is 71.0 Å². The second-order valence-corrected chi connectivity index (χ2v) is 10.1. The largest absolute Gasteiger partial charge is 0.243 e. The molecule has 0 saturated heterocycles. The van der Waals surface area contributed by atoms with Crippen molar-refractivity contribution in [1.82, 2.24) is 4.31 Å². The van der Waals surface area contributed by atoms with E-state index in [0.29, 0.717) is 0 Å². The average Bonchev–Trinajstić information content (AvgIpc) is 3.00. The molecule has 3 rings (SSSR count). The Kier molecular flexibility index (Phi) is 5.32. The lowest BCUT2D eigenvalue weighted by molar-refractivity contribution is 0.375. The van der Waals surface area contributed by atoms with E-state index >= 15 is 0 Å². The maximum absolute atomic E-state index is 13.2. The summed E-state index contributed by atoms with van der Waals surface area (Å²) < 4.78 is 51.4. The van der Waals surface area contributed by atoms with Gasteiger partial charge >= 0.3 is 0 Å². The maximum Gasteiger partial charge on any atom is 0.243 e. The summed E-state index contributed by atoms with van der Waals surface area (Å²) in [4.78, 5) is 0.170. The first-order valence-electron chi connectivity index (χ1n) is 8.37. The second kappa shape index (κ2) is 7.34. The van der Waals surface area contributed by atoms with Crippen molar-refractivity contribution in [2.24, 2.45) is 0 Å². The van der Waals surface area contributed by atoms with Crippen molar-refractivity contribution in [1.29, 1.82) is 0 Å². The van der Waals surface area contributed by atoms with Crippen molar-refractivity contribution in [3.05, 3.63) is 77.2 Å². The van der Waals surface area contributed by atoms with Crippen LogP contribution in [-0.4, -0.2) is 32.9 Å². The number of nitrogens with zero attached hydrogens (tertiary/aromatic N) is 1. The van der Waals surface area contributed by atoms with Gasteiger partial charge < -0.3 is 0 Å². The molecule has 0 aliphatic carbocycles. The normalized spacial score (nSPS) is 19.1. The van der Waals surface area contributed by atoms with E-state index in [4.69, 9.17) is 0 Å². The molecule has 0 saturated carbocycles. The first-order chi connectivity index (χ1) is 12.3. The van der Waals surface area contributed by atoms with Crippen LogP contribution in [0, 0.1) is 0 Å². The van der Waals surface area contributed by atoms with Gasteiger partial charge in [-0.25, -0.2) is 16.8 Å². The lowest BCUT2D eigenvalue weighted by atomic mass is 10.2. The van der Waals surface area contributed by atoms with Gasteiger partial charge in [-0.15, -0.1) is 0 Å². The van der Waals surface area contributed by atoms with Crippen LogP contribution in [0.25, 0.3) is 0 Å². The van der Waals surface area contributed by atoms with Gasteiger partial charge in [0.2, 0.25) is 10.0 Å². The number of rotatable bonds is 6. The predicted molar refractivity (Wildman–Crippen MR) is 102 cm³/mol. The molecule has 2 aromatic carbocycles. The van der Waals surface area contributed by atoms with Crippen LogP contribution < -0.4 is 0 Å². The van der Waals surface area contributed by atoms with Gasteiger partial charge in [-0.05, 0) is 29.7 Å². The van der Waals surface area contributed by atoms with E-state index < -0.39 is 25.9 Å². The van der Waals surface area contributed by atoms with Crippen LogP contribution in [0.2, 0.25) is 0 Å². The minimum absolute atomic E-state index is 0.114. The molecule has 1 aliphatic heterocycles. The molecule has 0 N–H and O–H groups in total. The van der Waals surface area contributed by atoms with Gasteiger partial charge in [0.05, 0.1) is 16.7 Å². The molecule has 2 aromatic rings. The van der Waals surface area contributed by atoms with Crippen LogP contribution >= 0.6 is 0 Å². The fourth-order valence-corrected chi connectivity index (χ4v) is 5.88. The molecule has 26 heavy (non-hydrogen) atoms. The summed E-state index contributed by atoms with van der Waals surface area (Å²) in [5.74, 6) is -0.230. The topological polar surface area (TPSA) is 71.5 Å². The van der Waals surface area contributed by atoms with E-state index in [-0.39, 0.29) is 17.2 Å². The fourth-order valence-electron chi connectivity index (χ4n) is 2.92. The maximum atomic E-state index is 13.2. The number of hydrogen-bond acceptors (Lipinski definition) is 4. The summed E-state index contributed by atoms with van der Waals surface area (Å²) in [6.45, 7) is 2.11. The molecule has 1 aliphatic rings. The quantitative estimate of drug-likeness (QED) is 0.759. The minimum atomic E-state index is -3.84. The third-order valence-corrected chi connectivity index (χ3v) is 7.66. The van der Waals surface area contributed by atoms with Crippen molar-refractivity contribution >= 4 is 19.9 Å². The smallest absolute Gasteiger partial charge is 0.224 e. The Bertz CT molecular complexity index is 995. The lowest BCUT2D eigenvalue weighted by Crippen LogP contribution is -2.40. The van der Waals surface area contributed by atoms with Crippen LogP contribution in [0.4, 0.5) is 0 Å². The first kappa shape index (κ1) is 18.8. The van der Waals surface area contributed by atoms with Gasteiger partial charge in [0, 0.05) is 12.0 Å². The average molecular weight is 392 g/mol. The highest BCUT2D eigenvalue weighted by molar-refractivity contribution is 7.94. The van der Waals surface area contributed by atoms with Crippen molar-refractivity contribution in [2.45, 2.75) is 30.8 Å². The summed E-state index contributed by atoms with van der Waals surface area (Å²) in [7, 11) is -7.21. The molecule has 0 fully saturated rings. The van der Waals surface area contributed by atoms with Gasteiger partial charge in [-0.3, -0.25) is 0 Å². The molecular weight excluding hydrogens is 370 g/mol. The summed E-state index contributed by atoms with van der Waals surface area (Å²) in [5.41, 5.74) is 1.85. The summed E-state index contributed by atoms with van der Waals surface area (Å²) in [5, 5.41) is 1.10. The SMILES string of the molecule is CCc1ccc(S(=O)(=O)N(Cc2ccccc2)[C@@H]2C=CS(=O)(=O)C2)cc1. The van der Waals surface area contributed by atoms with E-state index in [1.807, 2.05) is 37.3 Å². The Morgan fingerprint density at radius 2 is 1.65 bits per heavy atom. The highest BCUT2D eigenvalue weighted by atomic mass is 32.2. The Morgan fingerprint density at radius 3 is 2.19 bits per heavy atom. The molecule has 0 spiro atoms. The zero-order chi connectivity index (χ0) is 18.8. The van der Waals surface area contributed by atoms with Crippen LogP contribution in [0.5, 0.6) is 0 Å². The first-order valence-corrected chi connectivity index (χ1v) is 11.5. The Labute approximate surface area is 154 Å². The molecule has 138 valence electrons. The molecule has 0 aromatic heterocycles. The monoisotopic (exact) mass is 391 g/mol. The minimum Gasteiger partial charge on any atom is -0.224 e. The highest BCUT2D eigenvalue weighted by Crippen LogP contribution is 2.26. The number of hydrogen-bond donors (Lipinski definition) is 0. The molecule has 1 heterocycles. The van der Waals surface area contributed by atoms with E-state index in [0.717, 1.165) is 23.0 Å². The van der Waals surface area contributed by atoms with E-state index in [2.05, 4.69) is 0 Å². The van der Waals surface area contributed by atoms with E-state index in [1.165, 1.54) is 10.4 Å². The molecule has 0 amide bonds. The molecule has 0 unspecified atom stereocenters. The van der Waals surface area contributed by atoms with Crippen molar-refractivity contribution in [3.63, 3.8) is 0 Å². The van der Waals surface area contributed by atoms with Gasteiger partial charge in [0.1, 0.15) is 0 Å². The summed E-state index contributed by atoms with van der Waals surface area (Å²) in [6, 6.07) is 15.2. The fraction of sp³-hybridized carbons (Fsp3) is 0.263. The zero-order valence-corrected chi connectivity index (χ0v) is 16.1. The summed E-state index contributed by atoms with van der Waals surface area (Å²) >= 11 is 0. The van der Waals surface area contributed by atoms with Crippen molar-refractivity contribution in [2.75, 3.05) is 5.75 Å². The van der Waals surface area contributed by atoms with Gasteiger partial charge in [-0.1, -0.05) is 55.5 Å². The number of aryl methyl sites for hydroxylation is 1. The van der Waals surface area contributed by atoms with Crippen molar-refractivity contribution in [3.8, 4) is 0 Å². The second-order valence-electron chi connectivity index (χ2n) is 6.26. The highest BCUT2D eigenvalue weighted by Gasteiger charge is 2.35. The Hall–Kier alpha value is -1.96. The van der Waals surface area contributed by atoms with E-state index in [1.54, 1.807) is 24.3 Å². The molecule has 0 radical (unpaired) electrons. The molecular formula is C19H21NO4S2. The van der Waals surface area contributed by atoms with Crippen LogP contribution in [0.1, 0.15) is 18.1 Å². The van der Waals surface area contributed by atoms with Crippen molar-refractivity contribution < 1.29 is 16.8 Å². The van der Waals surface area contributed by atoms with Crippen LogP contribution in [-0.2, 0) is 32.8 Å². The number of sulfonamides is 1. The number of sulfone groups is 1. The molecule has 0 bridgehead atoms. The zero-order valence-electron chi connectivity index (χ0n) is 14.4. The molecule has 1 atom stereocenters. The summed E-state index contributed by atoms with van der Waals surface area (Å²) in [6.07, 6.45) is 2.27.